The molecule has 0 unspecified atom stereocenters. The van der Waals surface area contributed by atoms with E-state index in [1.54, 1.807) is 30.7 Å². The van der Waals surface area contributed by atoms with Crippen LogP contribution in [0.3, 0.4) is 0 Å². The van der Waals surface area contributed by atoms with Crippen LogP contribution in [0.1, 0.15) is 48.5 Å². The number of rotatable bonds is 7. The maximum Gasteiger partial charge on any atom is 0.150 e. The molecule has 0 aliphatic carbocycles. The minimum absolute atomic E-state index is 0.112. The Labute approximate surface area is 194 Å². The van der Waals surface area contributed by atoms with E-state index in [-0.39, 0.29) is 17.0 Å². The number of hydrogen-bond donors (Lipinski definition) is 0. The quantitative estimate of drug-likeness (QED) is 0.524. The van der Waals surface area contributed by atoms with E-state index in [9.17, 15) is 12.8 Å². The number of nitrogens with zero attached hydrogens (tertiary/aromatic N) is 5. The third-order valence-corrected chi connectivity index (χ3v) is 7.77. The van der Waals surface area contributed by atoms with Crippen LogP contribution in [0.2, 0.25) is 0 Å². The molecule has 1 saturated heterocycles. The fourth-order valence-corrected chi connectivity index (χ4v) is 5.25. The summed E-state index contributed by atoms with van der Waals surface area (Å²) in [4.78, 5) is 20.2. The smallest absolute Gasteiger partial charge is 0.150 e. The maximum absolute atomic E-state index is 13.3. The van der Waals surface area contributed by atoms with E-state index in [4.69, 9.17) is 9.97 Å². The van der Waals surface area contributed by atoms with Crippen molar-refractivity contribution in [3.05, 3.63) is 77.5 Å². The second-order valence-corrected chi connectivity index (χ2v) is 11.0. The van der Waals surface area contributed by atoms with E-state index in [1.165, 1.54) is 18.4 Å². The molecule has 1 aliphatic heterocycles. The predicted octanol–water partition coefficient (Wildman–Crippen LogP) is 3.36. The number of aromatic nitrogens is 4. The SMILES string of the molecule is C[C@H](Cc1nc(Cc2cnccn2)cc(N2CCC(S(C)(=O)=O)CC2)n1)c1ccc(F)cc1. The van der Waals surface area contributed by atoms with Gasteiger partial charge in [-0.25, -0.2) is 22.8 Å². The van der Waals surface area contributed by atoms with E-state index in [0.29, 0.717) is 44.6 Å². The molecule has 3 heterocycles. The van der Waals surface area contributed by atoms with Crippen LogP contribution in [0.15, 0.2) is 48.9 Å². The molecule has 0 saturated carbocycles. The standard InChI is InChI=1S/C24H28FN5O2S/c1-17(18-3-5-19(25)6-4-18)13-23-28-20(14-21-16-26-9-10-27-21)15-24(29-23)30-11-7-22(8-12-30)33(2,31)32/h3-6,9-10,15-17,22H,7-8,11-14H2,1-2H3/t17-/m1/s1. The van der Waals surface area contributed by atoms with E-state index < -0.39 is 9.84 Å². The molecule has 0 spiro atoms. The van der Waals surface area contributed by atoms with Gasteiger partial charge in [-0.15, -0.1) is 0 Å². The molecule has 2 aromatic heterocycles. The lowest BCUT2D eigenvalue weighted by molar-refractivity contribution is 0.531. The van der Waals surface area contributed by atoms with Crippen molar-refractivity contribution < 1.29 is 12.8 Å². The zero-order valence-electron chi connectivity index (χ0n) is 18.9. The number of halogens is 1. The van der Waals surface area contributed by atoms with Crippen LogP contribution in [0.5, 0.6) is 0 Å². The molecule has 0 bridgehead atoms. The first kappa shape index (κ1) is 23.2. The third-order valence-electron chi connectivity index (χ3n) is 6.09. The fourth-order valence-electron chi connectivity index (χ4n) is 4.18. The zero-order valence-corrected chi connectivity index (χ0v) is 19.7. The summed E-state index contributed by atoms with van der Waals surface area (Å²) in [7, 11) is -3.04. The van der Waals surface area contributed by atoms with E-state index in [1.807, 2.05) is 6.07 Å². The van der Waals surface area contributed by atoms with Gasteiger partial charge >= 0.3 is 0 Å². The molecule has 9 heteroatoms. The molecule has 33 heavy (non-hydrogen) atoms. The van der Waals surface area contributed by atoms with Crippen molar-refractivity contribution in [2.45, 2.75) is 43.8 Å². The van der Waals surface area contributed by atoms with Gasteiger partial charge in [0.15, 0.2) is 0 Å². The molecule has 0 N–H and O–H groups in total. The minimum Gasteiger partial charge on any atom is -0.356 e. The molecular formula is C24H28FN5O2S. The molecule has 1 atom stereocenters. The summed E-state index contributed by atoms with van der Waals surface area (Å²) in [5.74, 6) is 1.36. The van der Waals surface area contributed by atoms with Crippen LogP contribution in [-0.4, -0.2) is 52.9 Å². The summed E-state index contributed by atoms with van der Waals surface area (Å²) in [6, 6.07) is 8.48. The average molecular weight is 470 g/mol. The Morgan fingerprint density at radius 1 is 1.09 bits per heavy atom. The summed E-state index contributed by atoms with van der Waals surface area (Å²) >= 11 is 0. The van der Waals surface area contributed by atoms with Crippen LogP contribution in [0.4, 0.5) is 10.2 Å². The molecule has 3 aromatic rings. The Balaban J connectivity index is 1.58. The second-order valence-electron chi connectivity index (χ2n) is 8.68. The van der Waals surface area contributed by atoms with Crippen molar-refractivity contribution in [1.82, 2.24) is 19.9 Å². The highest BCUT2D eigenvalue weighted by molar-refractivity contribution is 7.91. The van der Waals surface area contributed by atoms with Gasteiger partial charge < -0.3 is 4.90 Å². The van der Waals surface area contributed by atoms with Crippen LogP contribution in [-0.2, 0) is 22.7 Å². The largest absolute Gasteiger partial charge is 0.356 e. The Bertz CT molecular complexity index is 1180. The minimum atomic E-state index is -3.04. The van der Waals surface area contributed by atoms with Crippen molar-refractivity contribution in [3.63, 3.8) is 0 Å². The summed E-state index contributed by atoms with van der Waals surface area (Å²) in [6.07, 6.45) is 8.63. The predicted molar refractivity (Wildman–Crippen MR) is 125 cm³/mol. The topological polar surface area (TPSA) is 88.9 Å². The monoisotopic (exact) mass is 469 g/mol. The van der Waals surface area contributed by atoms with Gasteiger partial charge in [-0.2, -0.15) is 0 Å². The number of piperidine rings is 1. The van der Waals surface area contributed by atoms with Gasteiger partial charge in [0.2, 0.25) is 0 Å². The van der Waals surface area contributed by atoms with Crippen LogP contribution >= 0.6 is 0 Å². The highest BCUT2D eigenvalue weighted by atomic mass is 32.2. The molecule has 4 rings (SSSR count). The Morgan fingerprint density at radius 2 is 1.82 bits per heavy atom. The van der Waals surface area contributed by atoms with Gasteiger partial charge in [0.1, 0.15) is 27.3 Å². The first-order chi connectivity index (χ1) is 15.8. The lowest BCUT2D eigenvalue weighted by Gasteiger charge is -2.32. The maximum atomic E-state index is 13.3. The molecule has 0 radical (unpaired) electrons. The van der Waals surface area contributed by atoms with Crippen molar-refractivity contribution >= 4 is 15.7 Å². The number of benzene rings is 1. The highest BCUT2D eigenvalue weighted by Crippen LogP contribution is 2.25. The van der Waals surface area contributed by atoms with Crippen LogP contribution < -0.4 is 4.90 Å². The molecule has 0 amide bonds. The van der Waals surface area contributed by atoms with Crippen molar-refractivity contribution in [2.75, 3.05) is 24.2 Å². The third kappa shape index (κ3) is 6.10. The van der Waals surface area contributed by atoms with Gasteiger partial charge in [-0.3, -0.25) is 9.97 Å². The van der Waals surface area contributed by atoms with Gasteiger partial charge in [0, 0.05) is 56.8 Å². The number of sulfone groups is 1. The Kier molecular flexibility index (Phi) is 6.97. The summed E-state index contributed by atoms with van der Waals surface area (Å²) in [5, 5.41) is -0.299. The number of hydrogen-bond acceptors (Lipinski definition) is 7. The highest BCUT2D eigenvalue weighted by Gasteiger charge is 2.27. The molecule has 1 aromatic carbocycles. The number of anilines is 1. The van der Waals surface area contributed by atoms with Crippen molar-refractivity contribution in [2.24, 2.45) is 0 Å². The summed E-state index contributed by atoms with van der Waals surface area (Å²) in [5.41, 5.74) is 2.68. The molecule has 1 aliphatic rings. The molecule has 7 nitrogen and oxygen atoms in total. The normalized spacial score (nSPS) is 16.0. The van der Waals surface area contributed by atoms with Gasteiger partial charge in [0.05, 0.1) is 16.6 Å². The first-order valence-corrected chi connectivity index (χ1v) is 13.0. The van der Waals surface area contributed by atoms with Gasteiger partial charge in [-0.05, 0) is 36.5 Å². The van der Waals surface area contributed by atoms with E-state index in [2.05, 4.69) is 21.8 Å². The second kappa shape index (κ2) is 9.91. The van der Waals surface area contributed by atoms with Crippen molar-refractivity contribution in [3.8, 4) is 0 Å². The fraction of sp³-hybridized carbons (Fsp3) is 0.417. The Hall–Kier alpha value is -2.94. The van der Waals surface area contributed by atoms with Crippen LogP contribution in [0, 0.1) is 5.82 Å². The summed E-state index contributed by atoms with van der Waals surface area (Å²) < 4.78 is 37.2. The van der Waals surface area contributed by atoms with Gasteiger partial charge in [0.25, 0.3) is 0 Å². The lowest BCUT2D eigenvalue weighted by Crippen LogP contribution is -2.39. The summed E-state index contributed by atoms with van der Waals surface area (Å²) in [6.45, 7) is 3.34. The molecular weight excluding hydrogens is 441 g/mol. The Morgan fingerprint density at radius 3 is 2.45 bits per heavy atom. The van der Waals surface area contributed by atoms with Crippen LogP contribution in [0.25, 0.3) is 0 Å². The zero-order chi connectivity index (χ0) is 23.4. The molecule has 174 valence electrons. The van der Waals surface area contributed by atoms with Gasteiger partial charge in [-0.1, -0.05) is 19.1 Å². The van der Waals surface area contributed by atoms with E-state index in [0.717, 1.165) is 22.8 Å². The van der Waals surface area contributed by atoms with E-state index >= 15 is 0 Å². The van der Waals surface area contributed by atoms with Crippen molar-refractivity contribution in [1.29, 1.82) is 0 Å². The lowest BCUT2D eigenvalue weighted by atomic mass is 9.97. The first-order valence-electron chi connectivity index (χ1n) is 11.1. The molecule has 1 fully saturated rings. The average Bonchev–Trinajstić information content (AvgIpc) is 2.79.